The van der Waals surface area contributed by atoms with Gasteiger partial charge in [0.25, 0.3) is 0 Å². The minimum atomic E-state index is -1.61. The molecule has 3 aliphatic rings. The van der Waals surface area contributed by atoms with Gasteiger partial charge in [0.2, 0.25) is 11.8 Å². The van der Waals surface area contributed by atoms with Crippen LogP contribution in [0, 0.1) is 11.8 Å². The topological polar surface area (TPSA) is 116 Å². The van der Waals surface area contributed by atoms with E-state index in [1.165, 1.54) is 18.9 Å². The molecule has 2 amide bonds. The molecule has 2 aliphatic heterocycles. The number of hydrogen-bond donors (Lipinski definition) is 3. The van der Waals surface area contributed by atoms with E-state index in [0.717, 1.165) is 32.1 Å². The van der Waals surface area contributed by atoms with Crippen LogP contribution in [0.25, 0.3) is 0 Å². The van der Waals surface area contributed by atoms with Gasteiger partial charge in [0.1, 0.15) is 5.54 Å². The highest BCUT2D eigenvalue weighted by Gasteiger charge is 2.67. The van der Waals surface area contributed by atoms with Crippen LogP contribution >= 0.6 is 0 Å². The molecule has 156 valence electrons. The van der Waals surface area contributed by atoms with E-state index in [0.29, 0.717) is 5.56 Å². The molecule has 1 aliphatic carbocycles. The third-order valence-electron chi connectivity index (χ3n) is 6.79. The number of benzene rings is 1. The Hall–Kier alpha value is -2.61. The van der Waals surface area contributed by atoms with Crippen LogP contribution in [0.4, 0.5) is 0 Å². The van der Waals surface area contributed by atoms with Crippen LogP contribution in [0.3, 0.4) is 0 Å². The number of aliphatic carboxylic acids is 1. The van der Waals surface area contributed by atoms with Crippen molar-refractivity contribution < 1.29 is 29.3 Å². The highest BCUT2D eigenvalue weighted by molar-refractivity contribution is 6.09. The van der Waals surface area contributed by atoms with Crippen LogP contribution < -0.4 is 10.1 Å². The number of ether oxygens (including phenoxy) is 1. The van der Waals surface area contributed by atoms with Crippen LogP contribution in [0.15, 0.2) is 18.2 Å². The number of carbonyl (C=O) groups is 3. The number of phenols is 1. The number of carbonyl (C=O) groups excluding carboxylic acids is 2. The number of amides is 2. The van der Waals surface area contributed by atoms with Crippen molar-refractivity contribution in [1.29, 1.82) is 0 Å². The first kappa shape index (κ1) is 19.7. The van der Waals surface area contributed by atoms with E-state index in [9.17, 15) is 24.6 Å². The Morgan fingerprint density at radius 1 is 1.21 bits per heavy atom. The Labute approximate surface area is 168 Å². The number of para-hydroxylation sites is 1. The lowest BCUT2D eigenvalue weighted by molar-refractivity contribution is -0.151. The summed E-state index contributed by atoms with van der Waals surface area (Å²) in [6, 6.07) is 3.90. The van der Waals surface area contributed by atoms with Crippen molar-refractivity contribution in [3.05, 3.63) is 23.8 Å². The normalized spacial score (nSPS) is 32.5. The third-order valence-corrected chi connectivity index (χ3v) is 6.79. The Bertz CT molecular complexity index is 865. The molecule has 0 bridgehead atoms. The number of carboxylic acids is 1. The summed E-state index contributed by atoms with van der Waals surface area (Å²) in [5.74, 6) is -3.80. The standard InChI is InChI=1S/C21H26N2O6/c1-21(20(27)28)15-14(16(22-21)12-9-6-10-13(29-2)17(12)24)18(25)23(19(15)26)11-7-4-3-5-8-11/h6,9-11,14-16,22,24H,3-5,7-8H2,1-2H3,(H,27,28). The molecule has 1 aromatic carbocycles. The molecule has 4 atom stereocenters. The number of rotatable bonds is 4. The zero-order chi connectivity index (χ0) is 20.9. The van der Waals surface area contributed by atoms with Gasteiger partial charge in [-0.05, 0) is 25.8 Å². The molecular formula is C21H26N2O6. The first-order valence-corrected chi connectivity index (χ1v) is 10.0. The Morgan fingerprint density at radius 3 is 2.52 bits per heavy atom. The molecule has 2 saturated heterocycles. The first-order valence-electron chi connectivity index (χ1n) is 10.0. The molecule has 8 nitrogen and oxygen atoms in total. The molecule has 3 fully saturated rings. The molecule has 8 heteroatoms. The zero-order valence-corrected chi connectivity index (χ0v) is 16.6. The van der Waals surface area contributed by atoms with Gasteiger partial charge in [0.05, 0.1) is 18.9 Å². The SMILES string of the molecule is COc1cccc(C2NC(C)(C(=O)O)C3C(=O)N(C4CCCCC4)C(=O)C23)c1O. The van der Waals surface area contributed by atoms with Crippen molar-refractivity contribution in [3.63, 3.8) is 0 Å². The molecule has 1 aromatic rings. The summed E-state index contributed by atoms with van der Waals surface area (Å²) < 4.78 is 5.16. The van der Waals surface area contributed by atoms with E-state index in [1.807, 2.05) is 0 Å². The summed E-state index contributed by atoms with van der Waals surface area (Å²) in [6.45, 7) is 1.44. The van der Waals surface area contributed by atoms with Gasteiger partial charge in [-0.25, -0.2) is 0 Å². The molecule has 2 heterocycles. The maximum absolute atomic E-state index is 13.4. The summed E-state index contributed by atoms with van der Waals surface area (Å²) >= 11 is 0. The minimum Gasteiger partial charge on any atom is -0.504 e. The zero-order valence-electron chi connectivity index (χ0n) is 16.6. The van der Waals surface area contributed by atoms with Crippen molar-refractivity contribution in [2.45, 2.75) is 56.7 Å². The number of likely N-dealkylation sites (tertiary alicyclic amines) is 1. The molecule has 3 N–H and O–H groups in total. The lowest BCUT2D eigenvalue weighted by atomic mass is 9.80. The summed E-state index contributed by atoms with van der Waals surface area (Å²) in [4.78, 5) is 40.2. The molecule has 29 heavy (non-hydrogen) atoms. The van der Waals surface area contributed by atoms with E-state index >= 15 is 0 Å². The van der Waals surface area contributed by atoms with Gasteiger partial charge in [-0.15, -0.1) is 0 Å². The number of hydrogen-bond acceptors (Lipinski definition) is 6. The van der Waals surface area contributed by atoms with Gasteiger partial charge >= 0.3 is 5.97 Å². The van der Waals surface area contributed by atoms with E-state index in [1.54, 1.807) is 18.2 Å². The smallest absolute Gasteiger partial charge is 0.324 e. The minimum absolute atomic E-state index is 0.155. The van der Waals surface area contributed by atoms with E-state index < -0.39 is 35.3 Å². The Morgan fingerprint density at radius 2 is 1.90 bits per heavy atom. The van der Waals surface area contributed by atoms with Crippen molar-refractivity contribution in [3.8, 4) is 11.5 Å². The molecule has 1 saturated carbocycles. The monoisotopic (exact) mass is 402 g/mol. The number of imide groups is 1. The van der Waals surface area contributed by atoms with Crippen molar-refractivity contribution >= 4 is 17.8 Å². The largest absolute Gasteiger partial charge is 0.504 e. The van der Waals surface area contributed by atoms with Gasteiger partial charge in [-0.3, -0.25) is 24.6 Å². The highest BCUT2D eigenvalue weighted by atomic mass is 16.5. The number of nitrogens with one attached hydrogen (secondary N) is 1. The lowest BCUT2D eigenvalue weighted by Gasteiger charge is -2.33. The number of phenolic OH excluding ortho intramolecular Hbond substituents is 1. The van der Waals surface area contributed by atoms with Crippen LogP contribution in [0.5, 0.6) is 11.5 Å². The van der Waals surface area contributed by atoms with Gasteiger partial charge < -0.3 is 14.9 Å². The second-order valence-corrected chi connectivity index (χ2v) is 8.37. The first-order chi connectivity index (χ1) is 13.8. The average molecular weight is 402 g/mol. The van der Waals surface area contributed by atoms with E-state index in [-0.39, 0.29) is 23.4 Å². The maximum atomic E-state index is 13.4. The fraction of sp³-hybridized carbons (Fsp3) is 0.571. The number of fused-ring (bicyclic) bond motifs is 1. The van der Waals surface area contributed by atoms with Crippen LogP contribution in [-0.2, 0) is 14.4 Å². The van der Waals surface area contributed by atoms with Gasteiger partial charge in [0, 0.05) is 17.6 Å². The van der Waals surface area contributed by atoms with Crippen LogP contribution in [0.1, 0.15) is 50.6 Å². The number of methoxy groups -OCH3 is 1. The molecule has 4 unspecified atom stereocenters. The van der Waals surface area contributed by atoms with Crippen LogP contribution in [-0.4, -0.2) is 51.6 Å². The van der Waals surface area contributed by atoms with Gasteiger partial charge in [-0.1, -0.05) is 31.4 Å². The summed E-state index contributed by atoms with van der Waals surface area (Å²) in [7, 11) is 1.42. The number of nitrogens with zero attached hydrogens (tertiary/aromatic N) is 1. The highest BCUT2D eigenvalue weighted by Crippen LogP contribution is 2.52. The summed E-state index contributed by atoms with van der Waals surface area (Å²) in [6.07, 6.45) is 4.48. The van der Waals surface area contributed by atoms with Crippen molar-refractivity contribution in [2.24, 2.45) is 11.8 Å². The second kappa shape index (κ2) is 7.02. The lowest BCUT2D eigenvalue weighted by Crippen LogP contribution is -2.54. The van der Waals surface area contributed by atoms with Gasteiger partial charge in [0.15, 0.2) is 11.5 Å². The molecule has 0 spiro atoms. The fourth-order valence-electron chi connectivity index (χ4n) is 5.28. The fourth-order valence-corrected chi connectivity index (χ4v) is 5.28. The Kier molecular flexibility index (Phi) is 4.77. The van der Waals surface area contributed by atoms with E-state index in [2.05, 4.69) is 5.32 Å². The summed E-state index contributed by atoms with van der Waals surface area (Å²) in [5, 5.41) is 23.5. The molecular weight excluding hydrogens is 376 g/mol. The number of carboxylic acid groups (broad SMARTS) is 1. The quantitative estimate of drug-likeness (QED) is 0.658. The Balaban J connectivity index is 1.79. The second-order valence-electron chi connectivity index (χ2n) is 8.37. The molecule has 0 radical (unpaired) electrons. The predicted octanol–water partition coefficient (Wildman–Crippen LogP) is 1.82. The van der Waals surface area contributed by atoms with Crippen LogP contribution in [0.2, 0.25) is 0 Å². The predicted molar refractivity (Wildman–Crippen MR) is 102 cm³/mol. The number of aromatic hydroxyl groups is 1. The molecule has 0 aromatic heterocycles. The van der Waals surface area contributed by atoms with Crippen molar-refractivity contribution in [2.75, 3.05) is 7.11 Å². The molecule has 4 rings (SSSR count). The third kappa shape index (κ3) is 2.80. The van der Waals surface area contributed by atoms with Gasteiger partial charge in [-0.2, -0.15) is 0 Å². The van der Waals surface area contributed by atoms with Crippen molar-refractivity contribution in [1.82, 2.24) is 10.2 Å². The maximum Gasteiger partial charge on any atom is 0.324 e. The average Bonchev–Trinajstić information content (AvgIpc) is 3.17. The van der Waals surface area contributed by atoms with E-state index in [4.69, 9.17) is 4.74 Å². The summed E-state index contributed by atoms with van der Waals surface area (Å²) in [5.41, 5.74) is -1.25.